The van der Waals surface area contributed by atoms with E-state index in [1.165, 1.54) is 12.8 Å². The molecule has 4 aliphatic rings. The van der Waals surface area contributed by atoms with Gasteiger partial charge in [0.05, 0.1) is 40.0 Å². The van der Waals surface area contributed by atoms with Gasteiger partial charge < -0.3 is 19.3 Å². The Morgan fingerprint density at radius 3 is 2.48 bits per heavy atom. The molecule has 5 rings (SSSR count). The largest absolute Gasteiger partial charge is 0.515 e. The number of hydrogen-bond acceptors (Lipinski definition) is 6. The fraction of sp³-hybridized carbons (Fsp3) is 0.636. The predicted molar refractivity (Wildman–Crippen MR) is 153 cm³/mol. The Balaban J connectivity index is 1.42. The summed E-state index contributed by atoms with van der Waals surface area (Å²) >= 11 is 0. The molecule has 2 spiro atoms. The normalized spacial score (nSPS) is 26.6. The van der Waals surface area contributed by atoms with E-state index in [0.717, 1.165) is 67.2 Å². The van der Waals surface area contributed by atoms with Crippen LogP contribution in [-0.4, -0.2) is 61.4 Å². The van der Waals surface area contributed by atoms with Crippen LogP contribution in [0, 0.1) is 5.41 Å². The van der Waals surface area contributed by atoms with Crippen LogP contribution in [0.2, 0.25) is 0 Å². The summed E-state index contributed by atoms with van der Waals surface area (Å²) in [5.41, 5.74) is 3.79. The van der Waals surface area contributed by atoms with Crippen LogP contribution < -0.4 is 0 Å². The Bertz CT molecular complexity index is 1150. The lowest BCUT2D eigenvalue weighted by Crippen LogP contribution is -2.41. The smallest absolute Gasteiger partial charge is 0.420 e. The molecule has 1 amide bonds. The third-order valence-corrected chi connectivity index (χ3v) is 8.84. The summed E-state index contributed by atoms with van der Waals surface area (Å²) in [6, 6.07) is 4.19. The molecule has 1 aromatic rings. The molecule has 218 valence electrons. The van der Waals surface area contributed by atoms with E-state index in [9.17, 15) is 14.7 Å². The minimum Gasteiger partial charge on any atom is -0.420 e. The van der Waals surface area contributed by atoms with E-state index in [4.69, 9.17) is 14.2 Å². The monoisotopic (exact) mass is 552 g/mol. The number of aliphatic hydroxyl groups excluding tert-OH is 1. The molecule has 7 heteroatoms. The lowest BCUT2D eigenvalue weighted by atomic mass is 9.89. The van der Waals surface area contributed by atoms with E-state index in [0.29, 0.717) is 37.9 Å². The maximum atomic E-state index is 12.4. The van der Waals surface area contributed by atoms with E-state index in [-0.39, 0.29) is 22.5 Å². The highest BCUT2D eigenvalue weighted by Gasteiger charge is 2.46. The average molecular weight is 553 g/mol. The highest BCUT2D eigenvalue weighted by Crippen LogP contribution is 2.53. The van der Waals surface area contributed by atoms with Gasteiger partial charge in [-0.05, 0) is 92.4 Å². The number of fused-ring (bicyclic) bond motifs is 1. The van der Waals surface area contributed by atoms with Gasteiger partial charge in [0.1, 0.15) is 6.10 Å². The van der Waals surface area contributed by atoms with Crippen molar-refractivity contribution in [3.63, 3.8) is 0 Å². The van der Waals surface area contributed by atoms with Crippen LogP contribution >= 0.6 is 0 Å². The summed E-state index contributed by atoms with van der Waals surface area (Å²) in [4.78, 5) is 24.6. The molecule has 0 radical (unpaired) electrons. The van der Waals surface area contributed by atoms with Crippen LogP contribution in [0.4, 0.5) is 4.79 Å². The van der Waals surface area contributed by atoms with Gasteiger partial charge in [-0.15, -0.1) is 0 Å². The first-order valence-electron chi connectivity index (χ1n) is 15.1. The molecular weight excluding hydrogens is 506 g/mol. The lowest BCUT2D eigenvalue weighted by Gasteiger charge is -2.25. The minimum absolute atomic E-state index is 0.0310. The predicted octanol–water partition coefficient (Wildman–Crippen LogP) is 6.35. The van der Waals surface area contributed by atoms with Crippen molar-refractivity contribution in [2.24, 2.45) is 5.41 Å². The van der Waals surface area contributed by atoms with Gasteiger partial charge in [0.25, 0.3) is 0 Å². The molecule has 7 nitrogen and oxygen atoms in total. The molecule has 1 aromatic carbocycles. The average Bonchev–Trinajstić information content (AvgIpc) is 3.76. The molecule has 40 heavy (non-hydrogen) atoms. The minimum atomic E-state index is -1.09. The maximum Gasteiger partial charge on any atom is 0.515 e. The number of nitrogens with zero attached hydrogens (tertiary/aromatic N) is 1. The van der Waals surface area contributed by atoms with Crippen molar-refractivity contribution in [3.05, 3.63) is 52.6 Å². The second-order valence-electron chi connectivity index (χ2n) is 13.2. The van der Waals surface area contributed by atoms with Gasteiger partial charge in [-0.2, -0.15) is 4.79 Å². The number of aryl methyl sites for hydroxylation is 1. The maximum absolute atomic E-state index is 12.4. The van der Waals surface area contributed by atoms with Crippen molar-refractivity contribution in [1.82, 2.24) is 0 Å². The third kappa shape index (κ3) is 7.49. The SMILES string of the molecule is C[N+](C)(C)C(=O)OCCCc1ccc(C2CO2)c2c1/C=C/CC1(CCCCC(=O)C=CCC3(CC3)OC2O)CC1. The third-order valence-electron chi connectivity index (χ3n) is 8.84. The Morgan fingerprint density at radius 1 is 1.05 bits per heavy atom. The second kappa shape index (κ2) is 11.9. The summed E-state index contributed by atoms with van der Waals surface area (Å²) in [6.07, 6.45) is 17.7. The van der Waals surface area contributed by atoms with Gasteiger partial charge in [0, 0.05) is 12.0 Å². The zero-order valence-corrected chi connectivity index (χ0v) is 24.5. The topological polar surface area (TPSA) is 85.4 Å². The number of ketones is 1. The van der Waals surface area contributed by atoms with Crippen molar-refractivity contribution in [2.75, 3.05) is 34.4 Å². The molecule has 2 atom stereocenters. The number of hydrogen-bond donors (Lipinski definition) is 1. The number of rotatable bonds is 5. The van der Waals surface area contributed by atoms with E-state index in [1.807, 2.05) is 6.08 Å². The summed E-state index contributed by atoms with van der Waals surface area (Å²) < 4.78 is 17.7. The molecule has 0 bridgehead atoms. The van der Waals surface area contributed by atoms with Gasteiger partial charge in [0.15, 0.2) is 12.1 Å². The zero-order chi connectivity index (χ0) is 28.4. The Kier molecular flexibility index (Phi) is 8.67. The van der Waals surface area contributed by atoms with Crippen LogP contribution in [-0.2, 0) is 25.4 Å². The van der Waals surface area contributed by atoms with Crippen molar-refractivity contribution < 1.29 is 33.4 Å². The molecule has 2 aliphatic heterocycles. The molecule has 1 N–H and O–H groups in total. The summed E-state index contributed by atoms with van der Waals surface area (Å²) in [5.74, 6) is 0.181. The quantitative estimate of drug-likeness (QED) is 0.260. The lowest BCUT2D eigenvalue weighted by molar-refractivity contribution is -0.795. The molecule has 2 saturated carbocycles. The van der Waals surface area contributed by atoms with Gasteiger partial charge in [-0.3, -0.25) is 4.79 Å². The zero-order valence-electron chi connectivity index (χ0n) is 24.5. The van der Waals surface area contributed by atoms with E-state index in [1.54, 1.807) is 27.2 Å². The number of quaternary nitrogens is 1. The summed E-state index contributed by atoms with van der Waals surface area (Å²) in [6.45, 7) is 0.985. The van der Waals surface area contributed by atoms with Crippen LogP contribution in [0.25, 0.3) is 6.08 Å². The van der Waals surface area contributed by atoms with Gasteiger partial charge >= 0.3 is 6.09 Å². The van der Waals surface area contributed by atoms with Crippen LogP contribution in [0.15, 0.2) is 30.4 Å². The van der Waals surface area contributed by atoms with Gasteiger partial charge in [-0.25, -0.2) is 4.48 Å². The number of epoxide rings is 1. The number of benzene rings is 1. The second-order valence-corrected chi connectivity index (χ2v) is 13.2. The van der Waals surface area contributed by atoms with Crippen molar-refractivity contribution >= 4 is 18.0 Å². The Hall–Kier alpha value is -2.32. The molecule has 2 unspecified atom stereocenters. The highest BCUT2D eigenvalue weighted by molar-refractivity contribution is 5.89. The number of allylic oxidation sites excluding steroid dienone is 2. The molecule has 1 saturated heterocycles. The van der Waals surface area contributed by atoms with Crippen LogP contribution in [0.3, 0.4) is 0 Å². The first-order valence-corrected chi connectivity index (χ1v) is 15.1. The fourth-order valence-corrected chi connectivity index (χ4v) is 5.77. The van der Waals surface area contributed by atoms with Crippen LogP contribution in [0.5, 0.6) is 0 Å². The van der Waals surface area contributed by atoms with E-state index < -0.39 is 11.9 Å². The van der Waals surface area contributed by atoms with Gasteiger partial charge in [0.2, 0.25) is 0 Å². The standard InChI is InChI=1S/C33H46NO6/c1-34(2,3)31(37)38-22-8-9-24-13-14-27(28-23-39-28)29-26(24)12-7-16-32(18-19-32)15-5-4-10-25(35)11-6-17-33(20-21-33)40-30(29)36/h6-7,11-14,28,30,36H,4-5,8-10,15-23H2,1-3H3/q+1/b11-6?,12-7+. The number of carbonyl (C=O) groups is 2. The number of ether oxygens (including phenoxy) is 3. The molecular formula is C33H46NO6+. The van der Waals surface area contributed by atoms with E-state index >= 15 is 0 Å². The van der Waals surface area contributed by atoms with Gasteiger partial charge in [-0.1, -0.05) is 36.8 Å². The molecule has 2 aliphatic carbocycles. The summed E-state index contributed by atoms with van der Waals surface area (Å²) in [5, 5.41) is 11.6. The summed E-state index contributed by atoms with van der Waals surface area (Å²) in [7, 11) is 5.40. The van der Waals surface area contributed by atoms with E-state index in [2.05, 4.69) is 24.3 Å². The first-order chi connectivity index (χ1) is 19.1. The fourth-order valence-electron chi connectivity index (χ4n) is 5.77. The Morgan fingerprint density at radius 2 is 1.80 bits per heavy atom. The van der Waals surface area contributed by atoms with Crippen LogP contribution in [0.1, 0.15) is 105 Å². The number of aliphatic hydroxyl groups is 1. The first kappa shape index (κ1) is 29.2. The molecule has 0 aromatic heterocycles. The number of carbonyl (C=O) groups excluding carboxylic acids is 2. The number of amides is 1. The molecule has 2 heterocycles. The highest BCUT2D eigenvalue weighted by atomic mass is 16.6. The molecule has 3 fully saturated rings. The van der Waals surface area contributed by atoms with Crippen molar-refractivity contribution in [2.45, 2.75) is 95.0 Å². The Labute approximate surface area is 238 Å². The van der Waals surface area contributed by atoms with Crippen molar-refractivity contribution in [1.29, 1.82) is 0 Å². The van der Waals surface area contributed by atoms with Crippen molar-refractivity contribution in [3.8, 4) is 0 Å².